The molecule has 2 heteroatoms. The van der Waals surface area contributed by atoms with Crippen LogP contribution in [-0.4, -0.2) is 42.5 Å². The fourth-order valence-electron chi connectivity index (χ4n) is 2.59. The van der Waals surface area contributed by atoms with E-state index in [1.165, 1.54) is 51.3 Å². The normalized spacial score (nSPS) is 18.8. The van der Waals surface area contributed by atoms with Gasteiger partial charge in [-0.05, 0) is 25.3 Å². The van der Waals surface area contributed by atoms with Crippen molar-refractivity contribution in [1.82, 2.24) is 9.80 Å². The van der Waals surface area contributed by atoms with Gasteiger partial charge < -0.3 is 9.80 Å². The average Bonchev–Trinajstić information content (AvgIpc) is 2.53. The predicted molar refractivity (Wildman–Crippen MR) is 98.6 cm³/mol. The molecule has 0 radical (unpaired) electrons. The summed E-state index contributed by atoms with van der Waals surface area (Å²) in [6, 6.07) is 0. The molecule has 21 heavy (non-hydrogen) atoms. The Morgan fingerprint density at radius 2 is 1.43 bits per heavy atom. The van der Waals surface area contributed by atoms with Crippen LogP contribution in [0, 0.1) is 11.8 Å². The standard InChI is InChI=1S/C13H24N2.C2H6.2C2H4/c1-4-14-9-13(10-14)12(3)15-7-5-11(2)6-8-15;3*1-2/h11,13H,3-10H2,1-2H3;1-2H3;2*1-2H2. The molecule has 2 heterocycles. The van der Waals surface area contributed by atoms with Crippen molar-refractivity contribution in [2.75, 3.05) is 32.7 Å². The van der Waals surface area contributed by atoms with Crippen LogP contribution in [0.1, 0.15) is 40.5 Å². The van der Waals surface area contributed by atoms with Gasteiger partial charge in [0.2, 0.25) is 0 Å². The molecule has 124 valence electrons. The minimum atomic E-state index is 0.748. The van der Waals surface area contributed by atoms with Crippen LogP contribution in [0.5, 0.6) is 0 Å². The maximum absolute atomic E-state index is 4.29. The highest BCUT2D eigenvalue weighted by Crippen LogP contribution is 2.28. The summed E-state index contributed by atoms with van der Waals surface area (Å²) >= 11 is 0. The van der Waals surface area contributed by atoms with E-state index >= 15 is 0 Å². The summed E-state index contributed by atoms with van der Waals surface area (Å²) < 4.78 is 0. The van der Waals surface area contributed by atoms with Gasteiger partial charge in [-0.2, -0.15) is 0 Å². The van der Waals surface area contributed by atoms with Crippen LogP contribution in [0.25, 0.3) is 0 Å². The molecule has 0 bridgehead atoms. The van der Waals surface area contributed by atoms with Gasteiger partial charge in [0.15, 0.2) is 0 Å². The highest BCUT2D eigenvalue weighted by molar-refractivity contribution is 5.07. The maximum Gasteiger partial charge on any atom is 0.0237 e. The van der Waals surface area contributed by atoms with Crippen molar-refractivity contribution in [3.05, 3.63) is 38.6 Å². The molecule has 2 aliphatic rings. The first kappa shape index (κ1) is 22.3. The fourth-order valence-corrected chi connectivity index (χ4v) is 2.59. The molecule has 2 aliphatic heterocycles. The van der Waals surface area contributed by atoms with Gasteiger partial charge in [-0.3, -0.25) is 0 Å². The summed E-state index contributed by atoms with van der Waals surface area (Å²) in [6.45, 7) is 31.0. The minimum Gasteiger partial charge on any atom is -0.375 e. The smallest absolute Gasteiger partial charge is 0.0237 e. The molecule has 0 saturated carbocycles. The fraction of sp³-hybridized carbons (Fsp3) is 0.684. The monoisotopic (exact) mass is 294 g/mol. The van der Waals surface area contributed by atoms with E-state index in [0.29, 0.717) is 0 Å². The highest BCUT2D eigenvalue weighted by atomic mass is 15.2. The van der Waals surface area contributed by atoms with E-state index in [1.54, 1.807) is 0 Å². The largest absolute Gasteiger partial charge is 0.375 e. The first-order valence-corrected chi connectivity index (χ1v) is 8.36. The summed E-state index contributed by atoms with van der Waals surface area (Å²) in [4.78, 5) is 5.01. The zero-order chi connectivity index (χ0) is 16.8. The summed E-state index contributed by atoms with van der Waals surface area (Å²) in [5, 5.41) is 0. The highest BCUT2D eigenvalue weighted by Gasteiger charge is 2.30. The molecular formula is C19H38N2. The molecule has 0 spiro atoms. The Labute approximate surface area is 134 Å². The lowest BCUT2D eigenvalue weighted by Crippen LogP contribution is -2.50. The van der Waals surface area contributed by atoms with Crippen LogP contribution < -0.4 is 0 Å². The van der Waals surface area contributed by atoms with E-state index in [4.69, 9.17) is 0 Å². The van der Waals surface area contributed by atoms with Gasteiger partial charge in [-0.15, -0.1) is 26.3 Å². The molecule has 0 N–H and O–H groups in total. The molecule has 2 saturated heterocycles. The number of nitrogens with zero attached hydrogens (tertiary/aromatic N) is 2. The second-order valence-electron chi connectivity index (χ2n) is 5.21. The Bertz CT molecular complexity index is 246. The molecule has 2 fully saturated rings. The Hall–Kier alpha value is -1.02. The lowest BCUT2D eigenvalue weighted by Gasteiger charge is -2.44. The first-order valence-electron chi connectivity index (χ1n) is 8.36. The van der Waals surface area contributed by atoms with Crippen molar-refractivity contribution < 1.29 is 0 Å². The Morgan fingerprint density at radius 1 is 1.00 bits per heavy atom. The van der Waals surface area contributed by atoms with Gasteiger partial charge in [0, 0.05) is 37.8 Å². The molecule has 0 aromatic rings. The van der Waals surface area contributed by atoms with Crippen molar-refractivity contribution in [2.45, 2.75) is 40.5 Å². The van der Waals surface area contributed by atoms with Gasteiger partial charge >= 0.3 is 0 Å². The van der Waals surface area contributed by atoms with Crippen molar-refractivity contribution in [1.29, 1.82) is 0 Å². The third kappa shape index (κ3) is 7.52. The molecule has 2 rings (SSSR count). The predicted octanol–water partition coefficient (Wildman–Crippen LogP) is 4.81. The molecule has 0 amide bonds. The van der Waals surface area contributed by atoms with Crippen LogP contribution in [0.15, 0.2) is 38.6 Å². The van der Waals surface area contributed by atoms with E-state index in [9.17, 15) is 0 Å². The molecular weight excluding hydrogens is 256 g/mol. The van der Waals surface area contributed by atoms with Crippen LogP contribution in [0.2, 0.25) is 0 Å². The molecule has 2 nitrogen and oxygen atoms in total. The summed E-state index contributed by atoms with van der Waals surface area (Å²) in [5.74, 6) is 1.67. The average molecular weight is 295 g/mol. The van der Waals surface area contributed by atoms with Crippen LogP contribution in [0.4, 0.5) is 0 Å². The molecule has 0 aliphatic carbocycles. The van der Waals surface area contributed by atoms with E-state index < -0.39 is 0 Å². The number of hydrogen-bond acceptors (Lipinski definition) is 2. The summed E-state index contributed by atoms with van der Waals surface area (Å²) in [6.07, 6.45) is 2.70. The van der Waals surface area contributed by atoms with E-state index in [0.717, 1.165) is 11.8 Å². The Kier molecular flexibility index (Phi) is 14.8. The number of hydrogen-bond donors (Lipinski definition) is 0. The summed E-state index contributed by atoms with van der Waals surface area (Å²) in [7, 11) is 0. The summed E-state index contributed by atoms with van der Waals surface area (Å²) in [5.41, 5.74) is 1.41. The number of piperidine rings is 1. The Morgan fingerprint density at radius 3 is 1.81 bits per heavy atom. The topological polar surface area (TPSA) is 6.48 Å². The van der Waals surface area contributed by atoms with Gasteiger partial charge in [-0.1, -0.05) is 34.3 Å². The second-order valence-corrected chi connectivity index (χ2v) is 5.21. The van der Waals surface area contributed by atoms with Gasteiger partial charge in [0.25, 0.3) is 0 Å². The SMILES string of the molecule is C=C.C=C.C=C(C1CN(CC)C1)N1CCC(C)CC1.CC. The van der Waals surface area contributed by atoms with Crippen molar-refractivity contribution in [3.63, 3.8) is 0 Å². The van der Waals surface area contributed by atoms with E-state index in [2.05, 4.69) is 56.5 Å². The van der Waals surface area contributed by atoms with E-state index in [1.807, 2.05) is 13.8 Å². The van der Waals surface area contributed by atoms with Gasteiger partial charge in [-0.25, -0.2) is 0 Å². The van der Waals surface area contributed by atoms with Crippen LogP contribution in [0.3, 0.4) is 0 Å². The van der Waals surface area contributed by atoms with Crippen molar-refractivity contribution in [3.8, 4) is 0 Å². The third-order valence-electron chi connectivity index (χ3n) is 4.07. The molecule has 0 unspecified atom stereocenters. The zero-order valence-corrected chi connectivity index (χ0v) is 15.0. The molecule has 0 aromatic heterocycles. The molecule has 0 aromatic carbocycles. The van der Waals surface area contributed by atoms with E-state index in [-0.39, 0.29) is 0 Å². The van der Waals surface area contributed by atoms with Crippen LogP contribution >= 0.6 is 0 Å². The number of likely N-dealkylation sites (tertiary alicyclic amines) is 2. The second kappa shape index (κ2) is 13.9. The lowest BCUT2D eigenvalue weighted by molar-refractivity contribution is 0.0977. The quantitative estimate of drug-likeness (QED) is 0.689. The minimum absolute atomic E-state index is 0.748. The van der Waals surface area contributed by atoms with Gasteiger partial charge in [0.1, 0.15) is 0 Å². The van der Waals surface area contributed by atoms with Gasteiger partial charge in [0.05, 0.1) is 0 Å². The maximum atomic E-state index is 4.29. The molecule has 0 atom stereocenters. The van der Waals surface area contributed by atoms with Crippen molar-refractivity contribution in [2.24, 2.45) is 11.8 Å². The van der Waals surface area contributed by atoms with Crippen molar-refractivity contribution >= 4 is 0 Å². The first-order chi connectivity index (χ1) is 10.2. The Balaban J connectivity index is 0. The third-order valence-corrected chi connectivity index (χ3v) is 4.07. The van der Waals surface area contributed by atoms with Crippen LogP contribution in [-0.2, 0) is 0 Å². The number of rotatable bonds is 3. The zero-order valence-electron chi connectivity index (χ0n) is 15.0. The lowest BCUT2D eigenvalue weighted by atomic mass is 9.93.